The molecule has 2 heterocycles. The summed E-state index contributed by atoms with van der Waals surface area (Å²) in [6.45, 7) is 5.87. The van der Waals surface area contributed by atoms with Gasteiger partial charge in [0.1, 0.15) is 0 Å². The molecule has 3 rings (SSSR count). The van der Waals surface area contributed by atoms with Gasteiger partial charge in [-0.25, -0.2) is 0 Å². The third-order valence-electron chi connectivity index (χ3n) is 4.96. The first-order valence-electron chi connectivity index (χ1n) is 9.73. The quantitative estimate of drug-likeness (QED) is 0.532. The third kappa shape index (κ3) is 5.01. The predicted molar refractivity (Wildman–Crippen MR) is 117 cm³/mol. The molecule has 0 aliphatic heterocycles. The first kappa shape index (κ1) is 23.1. The maximum absolute atomic E-state index is 13.3. The minimum atomic E-state index is -4.59. The van der Waals surface area contributed by atoms with E-state index in [1.54, 1.807) is 24.3 Å². The molecular formula is C22H22BClF3N3O. The van der Waals surface area contributed by atoms with Crippen LogP contribution in [0.15, 0.2) is 48.4 Å². The van der Waals surface area contributed by atoms with Crippen molar-refractivity contribution in [3.63, 3.8) is 0 Å². The van der Waals surface area contributed by atoms with Gasteiger partial charge in [-0.05, 0) is 0 Å². The second kappa shape index (κ2) is 8.50. The van der Waals surface area contributed by atoms with E-state index in [1.807, 2.05) is 37.4 Å². The molecule has 2 aromatic heterocycles. The molecule has 0 radical (unpaired) electrons. The molecule has 0 unspecified atom stereocenters. The number of aromatic nitrogens is 2. The monoisotopic (exact) mass is 447 g/mol. The van der Waals surface area contributed by atoms with Gasteiger partial charge in [0.2, 0.25) is 0 Å². The Morgan fingerprint density at radius 3 is 2.29 bits per heavy atom. The summed E-state index contributed by atoms with van der Waals surface area (Å²) in [6.07, 6.45) is -4.59. The number of hydrogen-bond donors (Lipinski definition) is 1. The van der Waals surface area contributed by atoms with Crippen molar-refractivity contribution in [2.75, 3.05) is 0 Å². The van der Waals surface area contributed by atoms with E-state index in [0.29, 0.717) is 22.0 Å². The molecule has 0 atom stereocenters. The summed E-state index contributed by atoms with van der Waals surface area (Å²) in [5, 5.41) is 2.63. The van der Waals surface area contributed by atoms with Gasteiger partial charge >= 0.3 is 184 Å². The molecule has 31 heavy (non-hydrogen) atoms. The van der Waals surface area contributed by atoms with E-state index >= 15 is 0 Å². The Bertz CT molecular complexity index is 1090. The van der Waals surface area contributed by atoms with Crippen molar-refractivity contribution in [2.45, 2.75) is 45.5 Å². The Balaban J connectivity index is 2.12. The van der Waals surface area contributed by atoms with Gasteiger partial charge in [-0.2, -0.15) is 0 Å². The van der Waals surface area contributed by atoms with Gasteiger partial charge in [-0.1, -0.05) is 0 Å². The molecule has 0 saturated carbocycles. The second-order valence-electron chi connectivity index (χ2n) is 8.10. The van der Waals surface area contributed by atoms with Crippen LogP contribution >= 0.6 is 11.6 Å². The van der Waals surface area contributed by atoms with Crippen molar-refractivity contribution in [3.05, 3.63) is 59.0 Å². The van der Waals surface area contributed by atoms with Crippen molar-refractivity contribution >= 4 is 24.6 Å². The zero-order valence-corrected chi connectivity index (χ0v) is 18.3. The summed E-state index contributed by atoms with van der Waals surface area (Å²) >= 11 is 5.97. The van der Waals surface area contributed by atoms with E-state index in [4.69, 9.17) is 11.6 Å². The van der Waals surface area contributed by atoms with Crippen LogP contribution in [0.1, 0.15) is 44.1 Å². The van der Waals surface area contributed by atoms with Crippen LogP contribution in [0.25, 0.3) is 22.6 Å². The molecule has 0 spiro atoms. The van der Waals surface area contributed by atoms with Crippen molar-refractivity contribution in [3.8, 4) is 22.6 Å². The van der Waals surface area contributed by atoms with Gasteiger partial charge < -0.3 is 0 Å². The molecule has 4 nitrogen and oxygen atoms in total. The summed E-state index contributed by atoms with van der Waals surface area (Å²) in [5.41, 5.74) is 0.102. The number of amides is 1. The van der Waals surface area contributed by atoms with Crippen LogP contribution in [0.2, 0.25) is 5.02 Å². The Hall–Kier alpha value is -2.61. The number of pyridine rings is 1. The molecule has 0 saturated heterocycles. The van der Waals surface area contributed by atoms with Gasteiger partial charge in [-0.15, -0.1) is 0 Å². The first-order chi connectivity index (χ1) is 14.4. The average molecular weight is 448 g/mol. The van der Waals surface area contributed by atoms with Crippen LogP contribution in [0.5, 0.6) is 0 Å². The van der Waals surface area contributed by atoms with Gasteiger partial charge in [0.25, 0.3) is 0 Å². The van der Waals surface area contributed by atoms with E-state index in [1.165, 1.54) is 12.1 Å². The van der Waals surface area contributed by atoms with Gasteiger partial charge in [0, 0.05) is 0 Å². The van der Waals surface area contributed by atoms with E-state index in [9.17, 15) is 18.0 Å². The van der Waals surface area contributed by atoms with Gasteiger partial charge in [-0.3, -0.25) is 0 Å². The van der Waals surface area contributed by atoms with Crippen LogP contribution in [-0.4, -0.2) is 34.1 Å². The second-order valence-corrected chi connectivity index (χ2v) is 8.54. The summed E-state index contributed by atoms with van der Waals surface area (Å²) in [6, 6.07) is 11.9. The fraction of sp³-hybridized carbons (Fsp3) is 0.318. The minimum absolute atomic E-state index is 0.0868. The first-order valence-corrected chi connectivity index (χ1v) is 10.1. The standard InChI is InChI=1S/C22H22BClF3N3O/c1-13(2)30-19(9-10-23-30)18-12-15(20(31)29-21(3,4)22(25,26)27)11-17(28-18)14-5-7-16(24)8-6-14/h5-13H,1-4H3,(H,29,31). The van der Waals surface area contributed by atoms with E-state index in [-0.39, 0.29) is 11.6 Å². The molecule has 1 aromatic carbocycles. The summed E-state index contributed by atoms with van der Waals surface area (Å²) in [4.78, 5) is 17.5. The van der Waals surface area contributed by atoms with Crippen LogP contribution < -0.4 is 5.32 Å². The Labute approximate surface area is 184 Å². The van der Waals surface area contributed by atoms with Crippen LogP contribution in [0.3, 0.4) is 0 Å². The number of carbonyl (C=O) groups is 1. The fourth-order valence-corrected chi connectivity index (χ4v) is 3.18. The predicted octanol–water partition coefficient (Wildman–Crippen LogP) is 5.86. The van der Waals surface area contributed by atoms with Gasteiger partial charge in [0.05, 0.1) is 0 Å². The molecule has 9 heteroatoms. The van der Waals surface area contributed by atoms with Crippen molar-refractivity contribution in [2.24, 2.45) is 0 Å². The third-order valence-corrected chi connectivity index (χ3v) is 5.21. The molecule has 1 amide bonds. The van der Waals surface area contributed by atoms with E-state index < -0.39 is 17.6 Å². The van der Waals surface area contributed by atoms with Crippen molar-refractivity contribution in [1.29, 1.82) is 0 Å². The van der Waals surface area contributed by atoms with Crippen LogP contribution in [0, 0.1) is 0 Å². The number of rotatable bonds is 5. The molecule has 0 bridgehead atoms. The average Bonchev–Trinajstić information content (AvgIpc) is 3.17. The molecule has 0 aliphatic rings. The molecule has 3 aromatic rings. The summed E-state index contributed by atoms with van der Waals surface area (Å²) in [7, 11) is 1.89. The van der Waals surface area contributed by atoms with Crippen LogP contribution in [-0.2, 0) is 0 Å². The SMILES string of the molecule is CC(C)n1bccc1-c1cc(C(=O)NC(C)(C)C(F)(F)F)cc(-c2ccc(Cl)cc2)n1. The normalized spacial score (nSPS) is 12.2. The molecule has 162 valence electrons. The summed E-state index contributed by atoms with van der Waals surface area (Å²) < 4.78 is 41.9. The molecular weight excluding hydrogens is 426 g/mol. The Morgan fingerprint density at radius 2 is 1.71 bits per heavy atom. The number of nitrogens with one attached hydrogen (secondary N) is 1. The number of benzene rings is 1. The van der Waals surface area contributed by atoms with E-state index in [2.05, 4.69) is 10.3 Å². The molecule has 1 N–H and O–H groups in total. The Morgan fingerprint density at radius 1 is 1.10 bits per heavy atom. The zero-order chi connectivity index (χ0) is 23.0. The molecule has 0 fully saturated rings. The van der Waals surface area contributed by atoms with Gasteiger partial charge in [0.15, 0.2) is 0 Å². The topological polar surface area (TPSA) is 46.9 Å². The van der Waals surface area contributed by atoms with Crippen LogP contribution in [0.4, 0.5) is 13.2 Å². The number of hydrogen-bond acceptors (Lipinski definition) is 2. The molecule has 0 aliphatic carbocycles. The Kier molecular flexibility index (Phi) is 6.32. The zero-order valence-electron chi connectivity index (χ0n) is 17.6. The number of carbonyl (C=O) groups excluding carboxylic acids is 1. The number of halogens is 4. The van der Waals surface area contributed by atoms with Crippen molar-refractivity contribution < 1.29 is 18.0 Å². The number of nitrogens with zero attached hydrogens (tertiary/aromatic N) is 2. The summed E-state index contributed by atoms with van der Waals surface area (Å²) in [5.74, 6) is 1.03. The van der Waals surface area contributed by atoms with E-state index in [0.717, 1.165) is 19.5 Å². The fourth-order valence-electron chi connectivity index (χ4n) is 3.05. The van der Waals surface area contributed by atoms with Crippen molar-refractivity contribution in [1.82, 2.24) is 14.8 Å². The number of alkyl halides is 3. The maximum atomic E-state index is 13.3.